The summed E-state index contributed by atoms with van der Waals surface area (Å²) in [5, 5.41) is 2.84. The molecule has 0 aliphatic heterocycles. The number of nitrogens with two attached hydrogens (primary N) is 1. The summed E-state index contributed by atoms with van der Waals surface area (Å²) >= 11 is 1.61. The van der Waals surface area contributed by atoms with Crippen LogP contribution < -0.4 is 11.1 Å². The third-order valence-electron chi connectivity index (χ3n) is 1.78. The van der Waals surface area contributed by atoms with Crippen LogP contribution in [0.15, 0.2) is 11.7 Å². The Balaban J connectivity index is 2.06. The molecule has 5 heteroatoms. The highest BCUT2D eigenvalue weighted by Crippen LogP contribution is 2.04. The normalized spacial score (nSPS) is 10.1. The van der Waals surface area contributed by atoms with Crippen LogP contribution >= 0.6 is 11.3 Å². The number of hydrogen-bond donors (Lipinski definition) is 2. The first-order chi connectivity index (χ1) is 6.83. The second-order valence-electron chi connectivity index (χ2n) is 2.96. The van der Waals surface area contributed by atoms with E-state index in [1.54, 1.807) is 16.8 Å². The molecular formula is C9H15N3OS. The van der Waals surface area contributed by atoms with Gasteiger partial charge in [-0.1, -0.05) is 0 Å². The third kappa shape index (κ3) is 4.34. The van der Waals surface area contributed by atoms with Crippen molar-refractivity contribution in [3.05, 3.63) is 16.6 Å². The molecule has 1 heterocycles. The van der Waals surface area contributed by atoms with Crippen LogP contribution in [-0.2, 0) is 11.2 Å². The van der Waals surface area contributed by atoms with Crippen LogP contribution in [0.2, 0.25) is 0 Å². The molecule has 0 saturated heterocycles. The average Bonchev–Trinajstić information content (AvgIpc) is 2.67. The number of amides is 1. The quantitative estimate of drug-likeness (QED) is 0.724. The van der Waals surface area contributed by atoms with Crippen molar-refractivity contribution in [1.29, 1.82) is 0 Å². The van der Waals surface area contributed by atoms with Crippen molar-refractivity contribution >= 4 is 17.2 Å². The lowest BCUT2D eigenvalue weighted by atomic mass is 10.3. The van der Waals surface area contributed by atoms with E-state index in [4.69, 9.17) is 5.73 Å². The Morgan fingerprint density at radius 1 is 1.64 bits per heavy atom. The Morgan fingerprint density at radius 2 is 2.50 bits per heavy atom. The number of thiazole rings is 1. The standard InChI is InChI=1S/C9H15N3OS/c10-4-1-2-9(13)12-5-3-8-6-11-7-14-8/h6-7H,1-5,10H2,(H,12,13). The maximum atomic E-state index is 11.2. The summed E-state index contributed by atoms with van der Waals surface area (Å²) in [5.74, 6) is 0.0833. The second kappa shape index (κ2) is 6.50. The van der Waals surface area contributed by atoms with Crippen LogP contribution in [0.25, 0.3) is 0 Å². The van der Waals surface area contributed by atoms with Crippen molar-refractivity contribution in [3.8, 4) is 0 Å². The summed E-state index contributed by atoms with van der Waals surface area (Å²) in [6, 6.07) is 0. The number of carbonyl (C=O) groups excluding carboxylic acids is 1. The second-order valence-corrected chi connectivity index (χ2v) is 3.93. The largest absolute Gasteiger partial charge is 0.356 e. The minimum Gasteiger partial charge on any atom is -0.356 e. The lowest BCUT2D eigenvalue weighted by Crippen LogP contribution is -2.25. The molecule has 0 saturated carbocycles. The van der Waals surface area contributed by atoms with Crippen molar-refractivity contribution in [2.24, 2.45) is 5.73 Å². The molecule has 4 nitrogen and oxygen atoms in total. The summed E-state index contributed by atoms with van der Waals surface area (Å²) < 4.78 is 0. The predicted octanol–water partition coefficient (Wildman–Crippen LogP) is 0.541. The first-order valence-electron chi connectivity index (χ1n) is 4.67. The minimum atomic E-state index is 0.0833. The maximum absolute atomic E-state index is 11.2. The molecule has 0 fully saturated rings. The molecule has 0 radical (unpaired) electrons. The molecule has 78 valence electrons. The van der Waals surface area contributed by atoms with E-state index in [-0.39, 0.29) is 5.91 Å². The summed E-state index contributed by atoms with van der Waals surface area (Å²) in [6.45, 7) is 1.26. The first-order valence-corrected chi connectivity index (χ1v) is 5.55. The molecule has 14 heavy (non-hydrogen) atoms. The van der Waals surface area contributed by atoms with Gasteiger partial charge in [0.05, 0.1) is 5.51 Å². The molecule has 0 aromatic carbocycles. The van der Waals surface area contributed by atoms with Gasteiger partial charge in [0.2, 0.25) is 5.91 Å². The van der Waals surface area contributed by atoms with Crippen LogP contribution in [-0.4, -0.2) is 24.0 Å². The predicted molar refractivity (Wildman–Crippen MR) is 57.1 cm³/mol. The van der Waals surface area contributed by atoms with Gasteiger partial charge in [-0.05, 0) is 13.0 Å². The van der Waals surface area contributed by atoms with Gasteiger partial charge in [-0.15, -0.1) is 11.3 Å². The molecular weight excluding hydrogens is 198 g/mol. The molecule has 0 unspecified atom stereocenters. The number of carbonyl (C=O) groups is 1. The Kier molecular flexibility index (Phi) is 5.17. The van der Waals surface area contributed by atoms with Crippen LogP contribution in [0, 0.1) is 0 Å². The van der Waals surface area contributed by atoms with Crippen LogP contribution in [0.3, 0.4) is 0 Å². The number of aromatic nitrogens is 1. The lowest BCUT2D eigenvalue weighted by molar-refractivity contribution is -0.121. The van der Waals surface area contributed by atoms with Crippen molar-refractivity contribution in [2.45, 2.75) is 19.3 Å². The zero-order valence-corrected chi connectivity index (χ0v) is 8.85. The first kappa shape index (κ1) is 11.1. The lowest BCUT2D eigenvalue weighted by Gasteiger charge is -2.02. The highest BCUT2D eigenvalue weighted by Gasteiger charge is 2.00. The van der Waals surface area contributed by atoms with E-state index in [0.717, 1.165) is 12.8 Å². The Bertz CT molecular complexity index is 261. The molecule has 0 spiro atoms. The van der Waals surface area contributed by atoms with Crippen molar-refractivity contribution in [2.75, 3.05) is 13.1 Å². The van der Waals surface area contributed by atoms with Crippen LogP contribution in [0.1, 0.15) is 17.7 Å². The summed E-state index contributed by atoms with van der Waals surface area (Å²) in [7, 11) is 0. The van der Waals surface area contributed by atoms with Gasteiger partial charge in [0.15, 0.2) is 0 Å². The van der Waals surface area contributed by atoms with Gasteiger partial charge in [-0.3, -0.25) is 9.78 Å². The summed E-state index contributed by atoms with van der Waals surface area (Å²) in [5.41, 5.74) is 7.09. The smallest absolute Gasteiger partial charge is 0.220 e. The highest BCUT2D eigenvalue weighted by molar-refractivity contribution is 7.09. The van der Waals surface area contributed by atoms with Gasteiger partial charge in [-0.25, -0.2) is 0 Å². The zero-order chi connectivity index (χ0) is 10.2. The Hall–Kier alpha value is -0.940. The number of hydrogen-bond acceptors (Lipinski definition) is 4. The monoisotopic (exact) mass is 213 g/mol. The van der Waals surface area contributed by atoms with Gasteiger partial charge in [0.25, 0.3) is 0 Å². The van der Waals surface area contributed by atoms with E-state index in [1.807, 2.05) is 6.20 Å². The van der Waals surface area contributed by atoms with Crippen molar-refractivity contribution < 1.29 is 4.79 Å². The minimum absolute atomic E-state index is 0.0833. The zero-order valence-electron chi connectivity index (χ0n) is 8.03. The molecule has 1 amide bonds. The molecule has 0 aliphatic rings. The number of nitrogens with one attached hydrogen (secondary N) is 1. The van der Waals surface area contributed by atoms with Gasteiger partial charge < -0.3 is 11.1 Å². The molecule has 3 N–H and O–H groups in total. The van der Waals surface area contributed by atoms with Crippen LogP contribution in [0.4, 0.5) is 0 Å². The highest BCUT2D eigenvalue weighted by atomic mass is 32.1. The number of rotatable bonds is 6. The fourth-order valence-corrected chi connectivity index (χ4v) is 1.64. The molecule has 0 atom stereocenters. The molecule has 1 rings (SSSR count). The Labute approximate surface area is 87.5 Å². The maximum Gasteiger partial charge on any atom is 0.220 e. The van der Waals surface area contributed by atoms with E-state index >= 15 is 0 Å². The van der Waals surface area contributed by atoms with E-state index in [9.17, 15) is 4.79 Å². The van der Waals surface area contributed by atoms with Crippen LogP contribution in [0.5, 0.6) is 0 Å². The fourth-order valence-electron chi connectivity index (χ4n) is 1.04. The summed E-state index contributed by atoms with van der Waals surface area (Å²) in [6.07, 6.45) is 3.97. The van der Waals surface area contributed by atoms with Gasteiger partial charge in [0, 0.05) is 30.5 Å². The fraction of sp³-hybridized carbons (Fsp3) is 0.556. The molecule has 1 aromatic heterocycles. The van der Waals surface area contributed by atoms with Crippen molar-refractivity contribution in [3.63, 3.8) is 0 Å². The van der Waals surface area contributed by atoms with Gasteiger partial charge in [0.1, 0.15) is 0 Å². The topological polar surface area (TPSA) is 68.0 Å². The number of nitrogens with zero attached hydrogens (tertiary/aromatic N) is 1. The van der Waals surface area contributed by atoms with Crippen molar-refractivity contribution in [1.82, 2.24) is 10.3 Å². The third-order valence-corrected chi connectivity index (χ3v) is 2.62. The average molecular weight is 213 g/mol. The SMILES string of the molecule is NCCCC(=O)NCCc1cncs1. The van der Waals surface area contributed by atoms with E-state index < -0.39 is 0 Å². The molecule has 0 bridgehead atoms. The molecule has 1 aromatic rings. The van der Waals surface area contributed by atoms with E-state index in [2.05, 4.69) is 10.3 Å². The molecule has 0 aliphatic carbocycles. The van der Waals surface area contributed by atoms with Gasteiger partial charge >= 0.3 is 0 Å². The van der Waals surface area contributed by atoms with Gasteiger partial charge in [-0.2, -0.15) is 0 Å². The summed E-state index contributed by atoms with van der Waals surface area (Å²) in [4.78, 5) is 16.3. The van der Waals surface area contributed by atoms with E-state index in [1.165, 1.54) is 4.88 Å². The Morgan fingerprint density at radius 3 is 3.14 bits per heavy atom. The van der Waals surface area contributed by atoms with E-state index in [0.29, 0.717) is 19.5 Å².